The minimum atomic E-state index is -4.61. The highest BCUT2D eigenvalue weighted by Gasteiger charge is 2.34. The molecule has 0 bridgehead atoms. The summed E-state index contributed by atoms with van der Waals surface area (Å²) in [6.07, 6.45) is -3.79. The number of likely N-dealkylation sites (tertiary alicyclic amines) is 1. The smallest absolute Gasteiger partial charge is 0.324 e. The first-order valence-corrected chi connectivity index (χ1v) is 12.0. The van der Waals surface area contributed by atoms with Gasteiger partial charge in [-0.15, -0.1) is 5.10 Å². The van der Waals surface area contributed by atoms with Crippen molar-refractivity contribution >= 4 is 34.5 Å². The lowest BCUT2D eigenvalue weighted by Crippen LogP contribution is -2.41. The van der Waals surface area contributed by atoms with E-state index in [1.165, 1.54) is 46.0 Å². The highest BCUT2D eigenvalue weighted by atomic mass is 35.5. The molecule has 1 aliphatic heterocycles. The van der Waals surface area contributed by atoms with E-state index in [-0.39, 0.29) is 53.0 Å². The zero-order valence-electron chi connectivity index (χ0n) is 19.6. The minimum absolute atomic E-state index is 0.0126. The Bertz CT molecular complexity index is 1540. The van der Waals surface area contributed by atoms with Gasteiger partial charge in [0.25, 0.3) is 5.56 Å². The van der Waals surface area contributed by atoms with Crippen LogP contribution in [0.15, 0.2) is 47.3 Å². The highest BCUT2D eigenvalue weighted by molar-refractivity contribution is 6.31. The second-order valence-corrected chi connectivity index (χ2v) is 9.21. The first kappa shape index (κ1) is 25.6. The van der Waals surface area contributed by atoms with E-state index in [2.05, 4.69) is 25.6 Å². The molecule has 5 rings (SSSR count). The van der Waals surface area contributed by atoms with Gasteiger partial charge in [0.05, 0.1) is 17.8 Å². The van der Waals surface area contributed by atoms with Gasteiger partial charge in [0.15, 0.2) is 11.2 Å². The van der Waals surface area contributed by atoms with Crippen molar-refractivity contribution in [2.24, 2.45) is 0 Å². The zero-order valence-corrected chi connectivity index (χ0v) is 20.4. The number of amides is 2. The van der Waals surface area contributed by atoms with Crippen LogP contribution in [0.2, 0.25) is 5.02 Å². The van der Waals surface area contributed by atoms with Crippen LogP contribution < -0.4 is 10.9 Å². The normalized spacial score (nSPS) is 14.7. The number of carbonyl (C=O) groups excluding carboxylic acids is 1. The van der Waals surface area contributed by atoms with Gasteiger partial charge in [0.1, 0.15) is 11.6 Å². The molecule has 38 heavy (non-hydrogen) atoms. The standard InChI is InChI=1S/C24H20ClF4N7O2/c25-16-5-3-6-17(26)14(16)12-36-21-19(33-34-36)22(37)32-20(31-21)13-8-10-35(11-9-13)23(38)30-18-7-2-1-4-15(18)24(27,28)29/h1-7,13H,8-12H2,(H,30,38)(H,31,32,37). The number of hydrogen-bond donors (Lipinski definition) is 2. The quantitative estimate of drug-likeness (QED) is 0.356. The number of nitrogens with zero attached hydrogens (tertiary/aromatic N) is 5. The number of benzene rings is 2. The first-order valence-electron chi connectivity index (χ1n) is 11.6. The molecule has 1 fully saturated rings. The zero-order chi connectivity index (χ0) is 27.0. The van der Waals surface area contributed by atoms with Crippen LogP contribution in [0.25, 0.3) is 11.2 Å². The molecule has 4 aromatic rings. The van der Waals surface area contributed by atoms with Crippen LogP contribution in [0.5, 0.6) is 0 Å². The lowest BCUT2D eigenvalue weighted by Gasteiger charge is -2.31. The number of nitrogens with one attached hydrogen (secondary N) is 2. The van der Waals surface area contributed by atoms with Gasteiger partial charge in [-0.1, -0.05) is 35.0 Å². The summed E-state index contributed by atoms with van der Waals surface area (Å²) >= 11 is 6.12. The number of aromatic nitrogens is 5. The monoisotopic (exact) mass is 549 g/mol. The number of rotatable bonds is 4. The summed E-state index contributed by atoms with van der Waals surface area (Å²) in [7, 11) is 0. The number of fused-ring (bicyclic) bond motifs is 1. The third-order valence-electron chi connectivity index (χ3n) is 6.40. The predicted molar refractivity (Wildman–Crippen MR) is 130 cm³/mol. The Morgan fingerprint density at radius 1 is 1.13 bits per heavy atom. The molecule has 1 aliphatic rings. The van der Waals surface area contributed by atoms with Crippen LogP contribution in [0.1, 0.15) is 35.7 Å². The molecule has 14 heteroatoms. The number of para-hydroxylation sites is 1. The molecular formula is C24H20ClF4N7O2. The number of hydrogen-bond acceptors (Lipinski definition) is 5. The summed E-state index contributed by atoms with van der Waals surface area (Å²) in [6.45, 7) is 0.374. The molecule has 0 unspecified atom stereocenters. The molecule has 198 valence electrons. The van der Waals surface area contributed by atoms with E-state index in [4.69, 9.17) is 11.6 Å². The number of anilines is 1. The summed E-state index contributed by atoms with van der Waals surface area (Å²) in [5, 5.41) is 10.3. The Balaban J connectivity index is 1.31. The van der Waals surface area contributed by atoms with Gasteiger partial charge in [-0.25, -0.2) is 18.9 Å². The molecule has 9 nitrogen and oxygen atoms in total. The summed E-state index contributed by atoms with van der Waals surface area (Å²) < 4.78 is 55.3. The number of carbonyl (C=O) groups is 1. The Hall–Kier alpha value is -4.00. The molecule has 0 atom stereocenters. The second kappa shape index (κ2) is 10.0. The highest BCUT2D eigenvalue weighted by Crippen LogP contribution is 2.35. The number of aromatic amines is 1. The van der Waals surface area contributed by atoms with Crippen LogP contribution in [0, 0.1) is 5.82 Å². The van der Waals surface area contributed by atoms with Gasteiger partial charge in [0, 0.05) is 29.6 Å². The van der Waals surface area contributed by atoms with Gasteiger partial charge in [-0.3, -0.25) is 4.79 Å². The van der Waals surface area contributed by atoms with E-state index in [1.807, 2.05) is 0 Å². The van der Waals surface area contributed by atoms with Crippen molar-refractivity contribution in [2.45, 2.75) is 31.5 Å². The average Bonchev–Trinajstić information content (AvgIpc) is 3.29. The van der Waals surface area contributed by atoms with E-state index >= 15 is 0 Å². The summed E-state index contributed by atoms with van der Waals surface area (Å²) in [6, 6.07) is 8.39. The number of H-pyrrole nitrogens is 1. The third kappa shape index (κ3) is 5.05. The second-order valence-electron chi connectivity index (χ2n) is 8.81. The van der Waals surface area contributed by atoms with Crippen LogP contribution >= 0.6 is 11.6 Å². The lowest BCUT2D eigenvalue weighted by molar-refractivity contribution is -0.136. The molecule has 0 saturated carbocycles. The number of urea groups is 1. The Morgan fingerprint density at radius 2 is 1.87 bits per heavy atom. The fourth-order valence-electron chi connectivity index (χ4n) is 4.41. The maximum Gasteiger partial charge on any atom is 0.418 e. The van der Waals surface area contributed by atoms with E-state index in [0.29, 0.717) is 18.7 Å². The molecule has 2 N–H and O–H groups in total. The molecule has 0 aliphatic carbocycles. The lowest BCUT2D eigenvalue weighted by atomic mass is 9.96. The van der Waals surface area contributed by atoms with Gasteiger partial charge >= 0.3 is 12.2 Å². The molecule has 2 amide bonds. The van der Waals surface area contributed by atoms with Gasteiger partial charge in [-0.05, 0) is 37.1 Å². The molecule has 2 aromatic carbocycles. The van der Waals surface area contributed by atoms with Gasteiger partial charge in [-0.2, -0.15) is 13.2 Å². The maximum absolute atomic E-state index is 14.3. The van der Waals surface area contributed by atoms with Gasteiger partial charge in [0.2, 0.25) is 0 Å². The summed E-state index contributed by atoms with van der Waals surface area (Å²) in [5.74, 6) is -0.415. The van der Waals surface area contributed by atoms with Gasteiger partial charge < -0.3 is 15.2 Å². The van der Waals surface area contributed by atoms with Crippen molar-refractivity contribution in [2.75, 3.05) is 18.4 Å². The topological polar surface area (TPSA) is 109 Å². The Morgan fingerprint density at radius 3 is 2.58 bits per heavy atom. The number of piperidine rings is 1. The fraction of sp³-hybridized carbons (Fsp3) is 0.292. The van der Waals surface area contributed by atoms with Crippen molar-refractivity contribution in [1.29, 1.82) is 0 Å². The van der Waals surface area contributed by atoms with E-state index < -0.39 is 29.1 Å². The van der Waals surface area contributed by atoms with E-state index in [1.54, 1.807) is 0 Å². The largest absolute Gasteiger partial charge is 0.418 e. The van der Waals surface area contributed by atoms with E-state index in [0.717, 1.165) is 6.07 Å². The molecule has 2 aromatic heterocycles. The SMILES string of the molecule is O=C(Nc1ccccc1C(F)(F)F)N1CCC(c2nc3c(nnn3Cc3c(F)cccc3Cl)c(=O)[nH]2)CC1. The van der Waals surface area contributed by atoms with Crippen LogP contribution in [-0.2, 0) is 12.7 Å². The molecule has 3 heterocycles. The minimum Gasteiger partial charge on any atom is -0.324 e. The molecule has 0 spiro atoms. The maximum atomic E-state index is 14.3. The van der Waals surface area contributed by atoms with Crippen LogP contribution in [-0.4, -0.2) is 49.0 Å². The van der Waals surface area contributed by atoms with Crippen molar-refractivity contribution < 1.29 is 22.4 Å². The van der Waals surface area contributed by atoms with Crippen LogP contribution in [0.4, 0.5) is 28.0 Å². The predicted octanol–water partition coefficient (Wildman–Crippen LogP) is 4.79. The van der Waals surface area contributed by atoms with Crippen molar-refractivity contribution in [3.05, 3.63) is 80.6 Å². The Labute approximate surface area is 217 Å². The number of halogens is 5. The van der Waals surface area contributed by atoms with E-state index in [9.17, 15) is 27.2 Å². The number of alkyl halides is 3. The van der Waals surface area contributed by atoms with Crippen molar-refractivity contribution in [1.82, 2.24) is 29.9 Å². The third-order valence-corrected chi connectivity index (χ3v) is 6.76. The van der Waals surface area contributed by atoms with Crippen molar-refractivity contribution in [3.8, 4) is 0 Å². The molecule has 0 radical (unpaired) electrons. The Kier molecular flexibility index (Phi) is 6.78. The van der Waals surface area contributed by atoms with Crippen molar-refractivity contribution in [3.63, 3.8) is 0 Å². The molecular weight excluding hydrogens is 530 g/mol. The fourth-order valence-corrected chi connectivity index (χ4v) is 4.63. The summed E-state index contributed by atoms with van der Waals surface area (Å²) in [4.78, 5) is 34.0. The molecule has 1 saturated heterocycles. The summed E-state index contributed by atoms with van der Waals surface area (Å²) in [5.41, 5.74) is -1.44. The average molecular weight is 550 g/mol. The first-order chi connectivity index (χ1) is 18.1. The van der Waals surface area contributed by atoms with Crippen LogP contribution in [0.3, 0.4) is 0 Å².